The molecule has 3 rings (SSSR count). The van der Waals surface area contributed by atoms with E-state index < -0.39 is 5.91 Å². The van der Waals surface area contributed by atoms with Crippen molar-refractivity contribution in [2.24, 2.45) is 0 Å². The Morgan fingerprint density at radius 2 is 1.84 bits per heavy atom. The number of benzene rings is 2. The summed E-state index contributed by atoms with van der Waals surface area (Å²) in [5.74, 6) is -0.717. The highest BCUT2D eigenvalue weighted by Gasteiger charge is 2.16. The number of likely N-dealkylation sites (N-methyl/N-ethyl adjacent to an activating group) is 1. The molecule has 0 aliphatic rings. The Kier molecular flexibility index (Phi) is 6.96. The molecule has 0 fully saturated rings. The van der Waals surface area contributed by atoms with Gasteiger partial charge in [-0.2, -0.15) is 4.98 Å². The Hall–Kier alpha value is -3.75. The maximum absolute atomic E-state index is 12.9. The van der Waals surface area contributed by atoms with E-state index in [1.807, 2.05) is 32.0 Å². The first-order valence-electron chi connectivity index (χ1n) is 9.76. The van der Waals surface area contributed by atoms with Crippen LogP contribution in [0.4, 0.5) is 14.9 Å². The largest absolute Gasteiger partial charge is 0.344 e. The second kappa shape index (κ2) is 9.84. The Balaban J connectivity index is 1.47. The van der Waals surface area contributed by atoms with E-state index in [4.69, 9.17) is 4.52 Å². The molecule has 0 unspecified atom stereocenters. The molecule has 2 N–H and O–H groups in total. The fourth-order valence-corrected chi connectivity index (χ4v) is 2.72. The van der Waals surface area contributed by atoms with Crippen LogP contribution < -0.4 is 10.6 Å². The second-order valence-corrected chi connectivity index (χ2v) is 7.23. The summed E-state index contributed by atoms with van der Waals surface area (Å²) in [5, 5.41) is 9.26. The van der Waals surface area contributed by atoms with Gasteiger partial charge in [0.25, 0.3) is 0 Å². The zero-order valence-corrected chi connectivity index (χ0v) is 17.6. The van der Waals surface area contributed by atoms with Gasteiger partial charge in [0.2, 0.25) is 0 Å². The van der Waals surface area contributed by atoms with Crippen molar-refractivity contribution in [2.45, 2.75) is 26.8 Å². The van der Waals surface area contributed by atoms with Crippen molar-refractivity contribution in [3.05, 3.63) is 76.7 Å². The monoisotopic (exact) mass is 425 g/mol. The van der Waals surface area contributed by atoms with E-state index in [-0.39, 0.29) is 24.3 Å². The number of hydrogen-bond acceptors (Lipinski definition) is 5. The van der Waals surface area contributed by atoms with Crippen molar-refractivity contribution < 1.29 is 18.5 Å². The summed E-state index contributed by atoms with van der Waals surface area (Å²) in [6.07, 6.45) is 0.325. The number of aromatic nitrogens is 2. The van der Waals surface area contributed by atoms with Gasteiger partial charge >= 0.3 is 17.8 Å². The molecule has 1 aromatic heterocycles. The van der Waals surface area contributed by atoms with Crippen LogP contribution in [0.15, 0.2) is 47.0 Å². The molecule has 8 nitrogen and oxygen atoms in total. The van der Waals surface area contributed by atoms with Gasteiger partial charge in [0.15, 0.2) is 5.82 Å². The average Bonchev–Trinajstić information content (AvgIpc) is 3.23. The number of nitrogens with one attached hydrogen (secondary N) is 2. The zero-order valence-electron chi connectivity index (χ0n) is 17.6. The highest BCUT2D eigenvalue weighted by atomic mass is 19.1. The zero-order chi connectivity index (χ0) is 22.4. The van der Waals surface area contributed by atoms with Gasteiger partial charge in [0.1, 0.15) is 5.82 Å². The molecule has 0 aliphatic heterocycles. The van der Waals surface area contributed by atoms with E-state index in [0.717, 1.165) is 22.4 Å². The summed E-state index contributed by atoms with van der Waals surface area (Å²) in [6.45, 7) is 4.54. The third-order valence-electron chi connectivity index (χ3n) is 4.80. The lowest BCUT2D eigenvalue weighted by molar-refractivity contribution is 0.0907. The van der Waals surface area contributed by atoms with Crippen molar-refractivity contribution in [1.29, 1.82) is 0 Å². The third kappa shape index (κ3) is 6.11. The first-order valence-corrected chi connectivity index (χ1v) is 9.76. The van der Waals surface area contributed by atoms with E-state index >= 15 is 0 Å². The van der Waals surface area contributed by atoms with Crippen molar-refractivity contribution in [3.8, 4) is 0 Å². The number of halogens is 1. The molecular weight excluding hydrogens is 401 g/mol. The maximum Gasteiger partial charge on any atom is 0.321 e. The van der Waals surface area contributed by atoms with E-state index in [9.17, 15) is 14.0 Å². The summed E-state index contributed by atoms with van der Waals surface area (Å²) in [7, 11) is 1.66. The average molecular weight is 425 g/mol. The van der Waals surface area contributed by atoms with Crippen LogP contribution in [0.3, 0.4) is 0 Å². The molecule has 31 heavy (non-hydrogen) atoms. The van der Waals surface area contributed by atoms with Crippen LogP contribution in [0.25, 0.3) is 0 Å². The molecule has 0 saturated heterocycles. The van der Waals surface area contributed by atoms with Crippen LogP contribution >= 0.6 is 0 Å². The van der Waals surface area contributed by atoms with Gasteiger partial charge in [0.05, 0.1) is 0 Å². The van der Waals surface area contributed by atoms with Crippen molar-refractivity contribution >= 4 is 17.6 Å². The van der Waals surface area contributed by atoms with Crippen LogP contribution in [0, 0.1) is 19.7 Å². The van der Waals surface area contributed by atoms with Gasteiger partial charge in [-0.3, -0.25) is 4.79 Å². The SMILES string of the molecule is Cc1ccc(NC(=O)N(C)CCc2noc(C(=O)NCc3ccc(F)cc3)n2)cc1C. The van der Waals surface area contributed by atoms with Crippen LogP contribution in [0.5, 0.6) is 0 Å². The minimum absolute atomic E-state index is 0.167. The molecule has 3 amide bonds. The lowest BCUT2D eigenvalue weighted by Gasteiger charge is -2.17. The van der Waals surface area contributed by atoms with Crippen LogP contribution in [-0.2, 0) is 13.0 Å². The summed E-state index contributed by atoms with van der Waals surface area (Å²) in [5.41, 5.74) is 3.71. The number of carbonyl (C=O) groups is 2. The Bertz CT molecular complexity index is 1070. The predicted octanol–water partition coefficient (Wildman–Crippen LogP) is 3.46. The van der Waals surface area contributed by atoms with Gasteiger partial charge < -0.3 is 20.1 Å². The number of carbonyl (C=O) groups excluding carboxylic acids is 2. The molecule has 0 aliphatic carbocycles. The topological polar surface area (TPSA) is 100 Å². The molecule has 1 heterocycles. The Morgan fingerprint density at radius 3 is 2.55 bits per heavy atom. The van der Waals surface area contributed by atoms with E-state index in [2.05, 4.69) is 20.8 Å². The lowest BCUT2D eigenvalue weighted by atomic mass is 10.1. The molecule has 0 saturated carbocycles. The van der Waals surface area contributed by atoms with Crippen LogP contribution in [0.2, 0.25) is 0 Å². The normalized spacial score (nSPS) is 10.6. The summed E-state index contributed by atoms with van der Waals surface area (Å²) < 4.78 is 17.9. The summed E-state index contributed by atoms with van der Waals surface area (Å²) in [6, 6.07) is 11.2. The Labute approximate surface area is 179 Å². The highest BCUT2D eigenvalue weighted by molar-refractivity contribution is 5.89. The number of urea groups is 1. The Morgan fingerprint density at radius 1 is 1.10 bits per heavy atom. The minimum Gasteiger partial charge on any atom is -0.344 e. The molecule has 0 radical (unpaired) electrons. The smallest absolute Gasteiger partial charge is 0.321 e. The molecule has 0 atom stereocenters. The molecule has 9 heteroatoms. The first-order chi connectivity index (χ1) is 14.8. The van der Waals surface area contributed by atoms with Crippen LogP contribution in [0.1, 0.15) is 33.2 Å². The summed E-state index contributed by atoms with van der Waals surface area (Å²) >= 11 is 0. The number of amides is 3. The number of nitrogens with zero attached hydrogens (tertiary/aromatic N) is 3. The predicted molar refractivity (Wildman–Crippen MR) is 113 cm³/mol. The number of aryl methyl sites for hydroxylation is 2. The first kappa shape index (κ1) is 21.9. The van der Waals surface area contributed by atoms with Gasteiger partial charge in [0, 0.05) is 32.2 Å². The molecule has 0 spiro atoms. The lowest BCUT2D eigenvalue weighted by Crippen LogP contribution is -2.33. The van der Waals surface area contributed by atoms with Crippen molar-refractivity contribution in [2.75, 3.05) is 18.9 Å². The highest BCUT2D eigenvalue weighted by Crippen LogP contribution is 2.14. The molecule has 0 bridgehead atoms. The summed E-state index contributed by atoms with van der Waals surface area (Å²) in [4.78, 5) is 30.1. The minimum atomic E-state index is -0.524. The van der Waals surface area contributed by atoms with E-state index in [0.29, 0.717) is 18.8 Å². The van der Waals surface area contributed by atoms with Gasteiger partial charge in [-0.15, -0.1) is 0 Å². The number of anilines is 1. The standard InChI is InChI=1S/C22H24FN5O3/c1-14-4-9-18(12-15(14)2)25-22(30)28(3)11-10-19-26-21(31-27-19)20(29)24-13-16-5-7-17(23)8-6-16/h4-9,12H,10-11,13H2,1-3H3,(H,24,29)(H,25,30). The van der Waals surface area contributed by atoms with Crippen LogP contribution in [-0.4, -0.2) is 40.6 Å². The maximum atomic E-state index is 12.9. The number of hydrogen-bond donors (Lipinski definition) is 2. The van der Waals surface area contributed by atoms with Gasteiger partial charge in [-0.1, -0.05) is 23.4 Å². The quantitative estimate of drug-likeness (QED) is 0.604. The van der Waals surface area contributed by atoms with E-state index in [1.165, 1.54) is 17.0 Å². The molecule has 2 aromatic carbocycles. The molecular formula is C22H24FN5O3. The number of rotatable bonds is 7. The van der Waals surface area contributed by atoms with Gasteiger partial charge in [-0.05, 0) is 54.8 Å². The third-order valence-corrected chi connectivity index (χ3v) is 4.80. The van der Waals surface area contributed by atoms with Crippen molar-refractivity contribution in [3.63, 3.8) is 0 Å². The fourth-order valence-electron chi connectivity index (χ4n) is 2.72. The second-order valence-electron chi connectivity index (χ2n) is 7.23. The van der Waals surface area contributed by atoms with Crippen molar-refractivity contribution in [1.82, 2.24) is 20.4 Å². The van der Waals surface area contributed by atoms with Gasteiger partial charge in [-0.25, -0.2) is 9.18 Å². The molecule has 3 aromatic rings. The van der Waals surface area contributed by atoms with E-state index in [1.54, 1.807) is 19.2 Å². The molecule has 162 valence electrons. The fraction of sp³-hybridized carbons (Fsp3) is 0.273.